The van der Waals surface area contributed by atoms with Gasteiger partial charge in [-0.25, -0.2) is 14.5 Å². The van der Waals surface area contributed by atoms with Crippen molar-refractivity contribution >= 4 is 23.0 Å². The van der Waals surface area contributed by atoms with Crippen molar-refractivity contribution in [1.29, 1.82) is 0 Å². The van der Waals surface area contributed by atoms with E-state index in [-0.39, 0.29) is 5.69 Å². The molecule has 7 heteroatoms. The van der Waals surface area contributed by atoms with Crippen molar-refractivity contribution in [1.82, 2.24) is 14.8 Å². The fourth-order valence-electron chi connectivity index (χ4n) is 3.17. The fraction of sp³-hybridized carbons (Fsp3) is 0.222. The first-order valence-corrected chi connectivity index (χ1v) is 8.57. The summed E-state index contributed by atoms with van der Waals surface area (Å²) < 4.78 is 1.49. The number of H-pyrrole nitrogens is 1. The summed E-state index contributed by atoms with van der Waals surface area (Å²) in [5.74, 6) is 0. The minimum absolute atomic E-state index is 0.235. The van der Waals surface area contributed by atoms with Gasteiger partial charge in [-0.2, -0.15) is 5.10 Å². The van der Waals surface area contributed by atoms with Gasteiger partial charge in [0, 0.05) is 31.9 Å². The normalized spacial score (nSPS) is 14.8. The van der Waals surface area contributed by atoms with Crippen LogP contribution < -0.4 is 15.5 Å². The Hall–Kier alpha value is -2.73. The highest BCUT2D eigenvalue weighted by Crippen LogP contribution is 2.27. The summed E-state index contributed by atoms with van der Waals surface area (Å²) in [7, 11) is 0. The molecule has 0 bridgehead atoms. The minimum atomic E-state index is -0.235. The van der Waals surface area contributed by atoms with E-state index in [2.05, 4.69) is 26.1 Å². The van der Waals surface area contributed by atoms with Crippen LogP contribution in [0.1, 0.15) is 0 Å². The van der Waals surface area contributed by atoms with Crippen molar-refractivity contribution in [2.75, 3.05) is 36.0 Å². The lowest BCUT2D eigenvalue weighted by atomic mass is 10.2. The summed E-state index contributed by atoms with van der Waals surface area (Å²) in [4.78, 5) is 16.3. The Morgan fingerprint density at radius 2 is 1.52 bits per heavy atom. The van der Waals surface area contributed by atoms with Gasteiger partial charge < -0.3 is 9.80 Å². The molecule has 6 nitrogen and oxygen atoms in total. The number of para-hydroxylation sites is 1. The van der Waals surface area contributed by atoms with Gasteiger partial charge in [-0.1, -0.05) is 23.7 Å². The molecule has 25 heavy (non-hydrogen) atoms. The maximum atomic E-state index is 11.6. The van der Waals surface area contributed by atoms with Gasteiger partial charge in [-0.15, -0.1) is 0 Å². The van der Waals surface area contributed by atoms with Gasteiger partial charge >= 0.3 is 5.69 Å². The smallest absolute Gasteiger partial charge is 0.347 e. The van der Waals surface area contributed by atoms with Crippen LogP contribution >= 0.6 is 11.6 Å². The topological polar surface area (TPSA) is 57.2 Å². The molecule has 1 aromatic heterocycles. The number of nitrogens with zero attached hydrogens (tertiary/aromatic N) is 4. The molecule has 1 saturated heterocycles. The van der Waals surface area contributed by atoms with E-state index in [4.69, 9.17) is 11.6 Å². The van der Waals surface area contributed by atoms with Crippen molar-refractivity contribution in [3.8, 4) is 5.69 Å². The highest BCUT2D eigenvalue weighted by molar-refractivity contribution is 6.33. The molecule has 1 fully saturated rings. The largest absolute Gasteiger partial charge is 0.368 e. The van der Waals surface area contributed by atoms with E-state index in [1.807, 2.05) is 42.5 Å². The average Bonchev–Trinajstić information content (AvgIpc) is 3.08. The Balaban J connectivity index is 1.45. The molecule has 0 spiro atoms. The number of nitrogens with one attached hydrogen (secondary N) is 1. The summed E-state index contributed by atoms with van der Waals surface area (Å²) in [5, 5.41) is 6.95. The highest BCUT2D eigenvalue weighted by atomic mass is 35.5. The van der Waals surface area contributed by atoms with Gasteiger partial charge in [-0.05, 0) is 36.4 Å². The zero-order chi connectivity index (χ0) is 17.2. The van der Waals surface area contributed by atoms with Crippen LogP contribution in [-0.4, -0.2) is 40.9 Å². The third-order valence-corrected chi connectivity index (χ3v) is 4.84. The van der Waals surface area contributed by atoms with E-state index in [0.29, 0.717) is 0 Å². The van der Waals surface area contributed by atoms with Crippen LogP contribution in [0, 0.1) is 0 Å². The van der Waals surface area contributed by atoms with Crippen molar-refractivity contribution in [3.05, 3.63) is 70.4 Å². The number of aromatic amines is 1. The second-order valence-corrected chi connectivity index (χ2v) is 6.38. The van der Waals surface area contributed by atoms with Crippen LogP contribution in [0.25, 0.3) is 5.69 Å². The molecule has 0 unspecified atom stereocenters. The van der Waals surface area contributed by atoms with Crippen LogP contribution in [-0.2, 0) is 0 Å². The predicted octanol–water partition coefficient (Wildman–Crippen LogP) is 2.54. The molecule has 3 aromatic rings. The lowest BCUT2D eigenvalue weighted by Gasteiger charge is -2.37. The number of hydrogen-bond acceptors (Lipinski definition) is 4. The van der Waals surface area contributed by atoms with Gasteiger partial charge in [0.1, 0.15) is 6.33 Å². The number of rotatable bonds is 3. The van der Waals surface area contributed by atoms with E-state index < -0.39 is 0 Å². The van der Waals surface area contributed by atoms with Crippen LogP contribution in [0.2, 0.25) is 5.02 Å². The van der Waals surface area contributed by atoms with E-state index in [1.54, 1.807) is 0 Å². The maximum Gasteiger partial charge on any atom is 0.347 e. The number of benzene rings is 2. The zero-order valence-corrected chi connectivity index (χ0v) is 14.4. The molecule has 1 aliphatic heterocycles. The number of halogens is 1. The molecule has 0 aliphatic carbocycles. The third kappa shape index (κ3) is 3.13. The van der Waals surface area contributed by atoms with E-state index in [0.717, 1.165) is 48.3 Å². The SMILES string of the molecule is O=c1[nH]ncn1-c1ccc(N2CCN(c3ccccc3Cl)CC2)cc1. The molecule has 2 heterocycles. The second-order valence-electron chi connectivity index (χ2n) is 5.97. The van der Waals surface area contributed by atoms with Gasteiger partial charge in [0.05, 0.1) is 16.4 Å². The summed E-state index contributed by atoms with van der Waals surface area (Å²) in [6, 6.07) is 15.9. The Bertz CT molecular complexity index is 909. The first-order chi connectivity index (χ1) is 12.2. The second kappa shape index (κ2) is 6.64. The quantitative estimate of drug-likeness (QED) is 0.784. The third-order valence-electron chi connectivity index (χ3n) is 4.52. The maximum absolute atomic E-state index is 11.6. The molecule has 128 valence electrons. The van der Waals surface area contributed by atoms with Gasteiger partial charge in [0.2, 0.25) is 0 Å². The number of anilines is 2. The lowest BCUT2D eigenvalue weighted by molar-refractivity contribution is 0.653. The summed E-state index contributed by atoms with van der Waals surface area (Å²) in [5.41, 5.74) is 2.82. The van der Waals surface area contributed by atoms with Crippen LogP contribution in [0.4, 0.5) is 11.4 Å². The van der Waals surface area contributed by atoms with E-state index in [9.17, 15) is 4.79 Å². The Morgan fingerprint density at radius 1 is 0.880 bits per heavy atom. The van der Waals surface area contributed by atoms with Crippen LogP contribution in [0.5, 0.6) is 0 Å². The number of aromatic nitrogens is 3. The predicted molar refractivity (Wildman–Crippen MR) is 100 cm³/mol. The summed E-state index contributed by atoms with van der Waals surface area (Å²) in [6.45, 7) is 3.70. The zero-order valence-electron chi connectivity index (χ0n) is 13.6. The monoisotopic (exact) mass is 355 g/mol. The lowest BCUT2D eigenvalue weighted by Crippen LogP contribution is -2.46. The number of piperazine rings is 1. The Kier molecular flexibility index (Phi) is 4.19. The Labute approximate surface area is 150 Å². The van der Waals surface area contributed by atoms with Crippen LogP contribution in [0.15, 0.2) is 59.7 Å². The first kappa shape index (κ1) is 15.8. The first-order valence-electron chi connectivity index (χ1n) is 8.19. The van der Waals surface area contributed by atoms with Crippen LogP contribution in [0.3, 0.4) is 0 Å². The highest BCUT2D eigenvalue weighted by Gasteiger charge is 2.19. The standard InChI is InChI=1S/C18H18ClN5O/c19-16-3-1-2-4-17(16)23-11-9-22(10-12-23)14-5-7-15(8-6-14)24-13-20-21-18(24)25/h1-8,13H,9-12H2,(H,21,25). The molecule has 4 rings (SSSR count). The Morgan fingerprint density at radius 3 is 2.16 bits per heavy atom. The van der Waals surface area contributed by atoms with E-state index in [1.165, 1.54) is 10.9 Å². The molecule has 0 amide bonds. The van der Waals surface area contributed by atoms with Crippen molar-refractivity contribution < 1.29 is 0 Å². The minimum Gasteiger partial charge on any atom is -0.368 e. The molecular weight excluding hydrogens is 338 g/mol. The van der Waals surface area contributed by atoms with Gasteiger partial charge in [-0.3, -0.25) is 0 Å². The molecule has 1 aliphatic rings. The van der Waals surface area contributed by atoms with Crippen molar-refractivity contribution in [2.24, 2.45) is 0 Å². The van der Waals surface area contributed by atoms with Crippen molar-refractivity contribution in [2.45, 2.75) is 0 Å². The molecule has 1 N–H and O–H groups in total. The average molecular weight is 356 g/mol. The van der Waals surface area contributed by atoms with Gasteiger partial charge in [0.15, 0.2) is 0 Å². The molecule has 2 aromatic carbocycles. The molecule has 0 radical (unpaired) electrons. The summed E-state index contributed by atoms with van der Waals surface area (Å²) >= 11 is 6.30. The number of hydrogen-bond donors (Lipinski definition) is 1. The van der Waals surface area contributed by atoms with E-state index >= 15 is 0 Å². The summed E-state index contributed by atoms with van der Waals surface area (Å²) in [6.07, 6.45) is 1.49. The van der Waals surface area contributed by atoms with Crippen molar-refractivity contribution in [3.63, 3.8) is 0 Å². The fourth-order valence-corrected chi connectivity index (χ4v) is 3.43. The van der Waals surface area contributed by atoms with Gasteiger partial charge in [0.25, 0.3) is 0 Å². The molecular formula is C18H18ClN5O. The molecule has 0 atom stereocenters. The molecule has 0 saturated carbocycles.